The van der Waals surface area contributed by atoms with Gasteiger partial charge in [0.1, 0.15) is 11.3 Å². The number of aryl methyl sites for hydroxylation is 1. The molecule has 0 unspecified atom stereocenters. The van der Waals surface area contributed by atoms with Crippen LogP contribution in [0.1, 0.15) is 43.7 Å². The fraction of sp³-hybridized carbons (Fsp3) is 0.400. The molecule has 2 N–H and O–H groups in total. The molecule has 0 bridgehead atoms. The molecule has 0 fully saturated rings. The molecule has 3 rings (SSSR count). The minimum atomic E-state index is -0.577. The van der Waals surface area contributed by atoms with Gasteiger partial charge in [0, 0.05) is 18.4 Å². The van der Waals surface area contributed by atoms with Crippen molar-refractivity contribution in [1.82, 2.24) is 0 Å². The molecule has 5 nitrogen and oxygen atoms in total. The average Bonchev–Trinajstić information content (AvgIpc) is 2.52. The van der Waals surface area contributed by atoms with Gasteiger partial charge in [0.05, 0.1) is 13.0 Å². The van der Waals surface area contributed by atoms with Crippen molar-refractivity contribution in [2.75, 3.05) is 7.11 Å². The summed E-state index contributed by atoms with van der Waals surface area (Å²) in [5.74, 6) is -0.558. The first-order valence-corrected chi connectivity index (χ1v) is 8.32. The maximum atomic E-state index is 12.9. The number of rotatable bonds is 2. The molecule has 1 aromatic rings. The van der Waals surface area contributed by atoms with Crippen molar-refractivity contribution < 1.29 is 19.1 Å². The largest absolute Gasteiger partial charge is 0.465 e. The normalized spacial score (nSPS) is 22.4. The van der Waals surface area contributed by atoms with Gasteiger partial charge in [-0.3, -0.25) is 4.79 Å². The van der Waals surface area contributed by atoms with Crippen molar-refractivity contribution in [2.45, 2.75) is 39.5 Å². The Hall–Kier alpha value is -2.56. The maximum absolute atomic E-state index is 12.9. The summed E-state index contributed by atoms with van der Waals surface area (Å²) < 4.78 is 10.6. The predicted octanol–water partition coefficient (Wildman–Crippen LogP) is 3.10. The van der Waals surface area contributed by atoms with Gasteiger partial charge < -0.3 is 15.2 Å². The number of carbonyl (C=O) groups is 2. The minimum absolute atomic E-state index is 0.00859. The molecule has 0 saturated carbocycles. The van der Waals surface area contributed by atoms with E-state index >= 15 is 0 Å². The molecule has 0 amide bonds. The smallest absolute Gasteiger partial charge is 0.340 e. The van der Waals surface area contributed by atoms with Crippen LogP contribution >= 0.6 is 0 Å². The number of hydrogen-bond acceptors (Lipinski definition) is 5. The number of carbonyl (C=O) groups excluding carboxylic acids is 2. The van der Waals surface area contributed by atoms with Crippen LogP contribution in [0, 0.1) is 12.3 Å². The fourth-order valence-corrected chi connectivity index (χ4v) is 3.59. The Bertz CT molecular complexity index is 799. The lowest BCUT2D eigenvalue weighted by molar-refractivity contribution is -0.136. The molecule has 25 heavy (non-hydrogen) atoms. The molecule has 2 aliphatic rings. The highest BCUT2D eigenvalue weighted by molar-refractivity contribution is 6.03. The monoisotopic (exact) mass is 341 g/mol. The second kappa shape index (κ2) is 6.06. The summed E-state index contributed by atoms with van der Waals surface area (Å²) in [5, 5.41) is 0. The van der Waals surface area contributed by atoms with Crippen LogP contribution in [0.2, 0.25) is 0 Å². The molecular formula is C20H23NO4. The SMILES string of the molecule is COC(=O)C1=C(N)OC2=C(C(=O)CC(C)(C)C2)[C@@H]1c1ccc(C)cc1. The van der Waals surface area contributed by atoms with Gasteiger partial charge in [-0.25, -0.2) is 4.79 Å². The Kier molecular flexibility index (Phi) is 4.19. The summed E-state index contributed by atoms with van der Waals surface area (Å²) in [4.78, 5) is 25.3. The van der Waals surface area contributed by atoms with Crippen molar-refractivity contribution in [3.05, 3.63) is 58.2 Å². The van der Waals surface area contributed by atoms with Gasteiger partial charge in [-0.1, -0.05) is 43.7 Å². The zero-order valence-electron chi connectivity index (χ0n) is 15.0. The molecule has 1 atom stereocenters. The summed E-state index contributed by atoms with van der Waals surface area (Å²) in [6, 6.07) is 7.74. The Labute approximate surface area is 147 Å². The van der Waals surface area contributed by atoms with Crippen LogP contribution in [0.4, 0.5) is 0 Å². The first-order chi connectivity index (χ1) is 11.7. The third-order valence-electron chi connectivity index (χ3n) is 4.77. The van der Waals surface area contributed by atoms with Gasteiger partial charge in [0.2, 0.25) is 5.88 Å². The second-order valence-corrected chi connectivity index (χ2v) is 7.49. The van der Waals surface area contributed by atoms with Gasteiger partial charge >= 0.3 is 5.97 Å². The van der Waals surface area contributed by atoms with E-state index in [4.69, 9.17) is 15.2 Å². The molecule has 1 aliphatic heterocycles. The number of ketones is 1. The summed E-state index contributed by atoms with van der Waals surface area (Å²) in [6.45, 7) is 6.03. The number of nitrogens with two attached hydrogens (primary N) is 1. The van der Waals surface area contributed by atoms with E-state index in [2.05, 4.69) is 0 Å². The summed E-state index contributed by atoms with van der Waals surface area (Å²) in [5.41, 5.74) is 8.51. The number of hydrogen-bond donors (Lipinski definition) is 1. The van der Waals surface area contributed by atoms with Crippen molar-refractivity contribution in [3.63, 3.8) is 0 Å². The lowest BCUT2D eigenvalue weighted by Gasteiger charge is -2.37. The van der Waals surface area contributed by atoms with Gasteiger partial charge in [-0.05, 0) is 17.9 Å². The summed E-state index contributed by atoms with van der Waals surface area (Å²) in [6.07, 6.45) is 1.01. The molecule has 0 saturated heterocycles. The summed E-state index contributed by atoms with van der Waals surface area (Å²) >= 11 is 0. The first kappa shape index (κ1) is 17.3. The Morgan fingerprint density at radius 1 is 1.24 bits per heavy atom. The van der Waals surface area contributed by atoms with E-state index in [0.717, 1.165) is 11.1 Å². The van der Waals surface area contributed by atoms with Crippen molar-refractivity contribution in [2.24, 2.45) is 11.1 Å². The third-order valence-corrected chi connectivity index (χ3v) is 4.77. The Morgan fingerprint density at radius 2 is 1.88 bits per heavy atom. The van der Waals surface area contributed by atoms with Gasteiger partial charge in [0.25, 0.3) is 0 Å². The summed E-state index contributed by atoms with van der Waals surface area (Å²) in [7, 11) is 1.30. The topological polar surface area (TPSA) is 78.6 Å². The zero-order chi connectivity index (χ0) is 18.4. The van der Waals surface area contributed by atoms with Crippen molar-refractivity contribution in [3.8, 4) is 0 Å². The van der Waals surface area contributed by atoms with E-state index in [1.54, 1.807) is 0 Å². The number of benzene rings is 1. The van der Waals surface area contributed by atoms with Gasteiger partial charge in [-0.2, -0.15) is 0 Å². The zero-order valence-corrected chi connectivity index (χ0v) is 15.0. The standard InChI is InChI=1S/C20H23NO4/c1-11-5-7-12(8-6-11)15-16-13(22)9-20(2,3)10-14(16)25-18(21)17(15)19(23)24-4/h5-8,15H,9-10,21H2,1-4H3/t15-/m0/s1. The minimum Gasteiger partial charge on any atom is -0.465 e. The number of esters is 1. The molecule has 132 valence electrons. The second-order valence-electron chi connectivity index (χ2n) is 7.49. The average molecular weight is 341 g/mol. The van der Waals surface area contributed by atoms with Crippen LogP contribution in [0.5, 0.6) is 0 Å². The van der Waals surface area contributed by atoms with E-state index in [1.165, 1.54) is 7.11 Å². The highest BCUT2D eigenvalue weighted by Gasteiger charge is 2.44. The highest BCUT2D eigenvalue weighted by atomic mass is 16.5. The lowest BCUT2D eigenvalue weighted by Crippen LogP contribution is -2.35. The van der Waals surface area contributed by atoms with Gasteiger partial charge in [0.15, 0.2) is 5.78 Å². The third kappa shape index (κ3) is 3.06. The number of allylic oxidation sites excluding steroid dienone is 2. The van der Waals surface area contributed by atoms with Crippen LogP contribution < -0.4 is 5.73 Å². The predicted molar refractivity (Wildman–Crippen MR) is 93.3 cm³/mol. The van der Waals surface area contributed by atoms with E-state index in [9.17, 15) is 9.59 Å². The molecule has 0 radical (unpaired) electrons. The Balaban J connectivity index is 2.19. The van der Waals surface area contributed by atoms with Crippen LogP contribution in [0.25, 0.3) is 0 Å². The molecule has 1 heterocycles. The number of Topliss-reactive ketones (excluding diaryl/α,β-unsaturated/α-hetero) is 1. The first-order valence-electron chi connectivity index (χ1n) is 8.32. The molecule has 1 aromatic carbocycles. The maximum Gasteiger partial charge on any atom is 0.340 e. The van der Waals surface area contributed by atoms with E-state index < -0.39 is 11.9 Å². The van der Waals surface area contributed by atoms with Crippen molar-refractivity contribution >= 4 is 11.8 Å². The molecule has 1 aliphatic carbocycles. The fourth-order valence-electron chi connectivity index (χ4n) is 3.59. The molecule has 0 spiro atoms. The van der Waals surface area contributed by atoms with Crippen LogP contribution in [-0.2, 0) is 19.1 Å². The van der Waals surface area contributed by atoms with E-state index in [0.29, 0.717) is 24.2 Å². The van der Waals surface area contributed by atoms with Crippen LogP contribution in [0.15, 0.2) is 47.1 Å². The molecular weight excluding hydrogens is 318 g/mol. The Morgan fingerprint density at radius 3 is 2.48 bits per heavy atom. The quantitative estimate of drug-likeness (QED) is 0.836. The number of ether oxygens (including phenoxy) is 2. The van der Waals surface area contributed by atoms with E-state index in [-0.39, 0.29) is 22.7 Å². The van der Waals surface area contributed by atoms with Crippen LogP contribution in [-0.4, -0.2) is 18.9 Å². The molecule has 5 heteroatoms. The van der Waals surface area contributed by atoms with Gasteiger partial charge in [-0.15, -0.1) is 0 Å². The van der Waals surface area contributed by atoms with Crippen molar-refractivity contribution in [1.29, 1.82) is 0 Å². The highest BCUT2D eigenvalue weighted by Crippen LogP contribution is 2.48. The lowest BCUT2D eigenvalue weighted by atomic mass is 9.70. The van der Waals surface area contributed by atoms with E-state index in [1.807, 2.05) is 45.0 Å². The molecule has 0 aromatic heterocycles. The number of methoxy groups -OCH3 is 1. The van der Waals surface area contributed by atoms with Crippen LogP contribution in [0.3, 0.4) is 0 Å².